The molecule has 1 atom stereocenters. The summed E-state index contributed by atoms with van der Waals surface area (Å²) in [5, 5.41) is 6.41. The van der Waals surface area contributed by atoms with Crippen molar-refractivity contribution in [1.29, 1.82) is 0 Å². The van der Waals surface area contributed by atoms with E-state index in [1.807, 2.05) is 11.8 Å². The van der Waals surface area contributed by atoms with Crippen LogP contribution in [-0.4, -0.2) is 43.2 Å². The van der Waals surface area contributed by atoms with Crippen molar-refractivity contribution >= 4 is 6.03 Å². The zero-order chi connectivity index (χ0) is 11.8. The molecule has 94 valence electrons. The highest BCUT2D eigenvalue weighted by Crippen LogP contribution is 2.08. The lowest BCUT2D eigenvalue weighted by Gasteiger charge is -2.30. The first-order valence-electron chi connectivity index (χ1n) is 6.54. The highest BCUT2D eigenvalue weighted by Gasteiger charge is 2.18. The second kappa shape index (κ2) is 7.49. The molecule has 1 aliphatic heterocycles. The fourth-order valence-corrected chi connectivity index (χ4v) is 2.05. The molecule has 2 amide bonds. The average Bonchev–Trinajstić information content (AvgIpc) is 2.34. The summed E-state index contributed by atoms with van der Waals surface area (Å²) in [4.78, 5) is 13.7. The summed E-state index contributed by atoms with van der Waals surface area (Å²) in [5.74, 6) is 0. The fourth-order valence-electron chi connectivity index (χ4n) is 2.05. The van der Waals surface area contributed by atoms with E-state index in [1.165, 1.54) is 19.3 Å². The molecule has 4 nitrogen and oxygen atoms in total. The van der Waals surface area contributed by atoms with E-state index in [2.05, 4.69) is 17.6 Å². The summed E-state index contributed by atoms with van der Waals surface area (Å²) in [6, 6.07) is 0.567. The van der Waals surface area contributed by atoms with E-state index < -0.39 is 0 Å². The zero-order valence-corrected chi connectivity index (χ0v) is 10.6. The highest BCUT2D eigenvalue weighted by atomic mass is 16.2. The average molecular weight is 227 g/mol. The van der Waals surface area contributed by atoms with Crippen molar-refractivity contribution in [2.24, 2.45) is 0 Å². The Morgan fingerprint density at radius 1 is 1.44 bits per heavy atom. The monoisotopic (exact) mass is 227 g/mol. The Labute approximate surface area is 98.8 Å². The Kier molecular flexibility index (Phi) is 6.23. The molecular formula is C12H25N3O. The minimum absolute atomic E-state index is 0.0803. The normalized spacial score (nSPS) is 20.5. The van der Waals surface area contributed by atoms with Crippen LogP contribution in [0.25, 0.3) is 0 Å². The van der Waals surface area contributed by atoms with Gasteiger partial charge in [-0.1, -0.05) is 13.3 Å². The van der Waals surface area contributed by atoms with Gasteiger partial charge >= 0.3 is 6.03 Å². The predicted octanol–water partition coefficient (Wildman–Crippen LogP) is 1.57. The van der Waals surface area contributed by atoms with Gasteiger partial charge in [0.1, 0.15) is 0 Å². The molecule has 1 rings (SSSR count). The lowest BCUT2D eigenvalue weighted by atomic mass is 10.0. The van der Waals surface area contributed by atoms with Gasteiger partial charge in [0.25, 0.3) is 0 Å². The number of nitrogens with one attached hydrogen (secondary N) is 2. The van der Waals surface area contributed by atoms with E-state index in [0.717, 1.165) is 32.6 Å². The van der Waals surface area contributed by atoms with Crippen molar-refractivity contribution in [2.75, 3.05) is 26.2 Å². The van der Waals surface area contributed by atoms with Gasteiger partial charge in [-0.05, 0) is 32.7 Å². The summed E-state index contributed by atoms with van der Waals surface area (Å²) in [5.41, 5.74) is 0. The molecule has 0 aromatic rings. The van der Waals surface area contributed by atoms with E-state index in [1.54, 1.807) is 0 Å². The van der Waals surface area contributed by atoms with E-state index in [9.17, 15) is 4.79 Å². The summed E-state index contributed by atoms with van der Waals surface area (Å²) in [7, 11) is 0. The lowest BCUT2D eigenvalue weighted by molar-refractivity contribution is 0.189. The minimum Gasteiger partial charge on any atom is -0.338 e. The fraction of sp³-hybridized carbons (Fsp3) is 0.917. The van der Waals surface area contributed by atoms with Gasteiger partial charge in [0.15, 0.2) is 0 Å². The van der Waals surface area contributed by atoms with Gasteiger partial charge in [0.2, 0.25) is 0 Å². The van der Waals surface area contributed by atoms with Gasteiger partial charge < -0.3 is 15.5 Å². The quantitative estimate of drug-likeness (QED) is 0.749. The SMILES string of the molecule is CCCNC(=O)N(CC)CC1CCCCN1. The second-order valence-electron chi connectivity index (χ2n) is 4.42. The number of rotatable bonds is 5. The smallest absolute Gasteiger partial charge is 0.317 e. The molecule has 2 N–H and O–H groups in total. The lowest BCUT2D eigenvalue weighted by Crippen LogP contribution is -2.48. The maximum atomic E-state index is 11.8. The van der Waals surface area contributed by atoms with E-state index >= 15 is 0 Å². The van der Waals surface area contributed by atoms with Crippen LogP contribution in [0, 0.1) is 0 Å². The van der Waals surface area contributed by atoms with Gasteiger partial charge in [-0.2, -0.15) is 0 Å². The van der Waals surface area contributed by atoms with Gasteiger partial charge in [0, 0.05) is 25.7 Å². The maximum absolute atomic E-state index is 11.8. The van der Waals surface area contributed by atoms with Crippen LogP contribution in [0.5, 0.6) is 0 Å². The van der Waals surface area contributed by atoms with Crippen LogP contribution in [0.3, 0.4) is 0 Å². The Morgan fingerprint density at radius 3 is 2.81 bits per heavy atom. The van der Waals surface area contributed by atoms with Crippen molar-refractivity contribution in [3.63, 3.8) is 0 Å². The molecule has 4 heteroatoms. The number of carbonyl (C=O) groups excluding carboxylic acids is 1. The van der Waals surface area contributed by atoms with Gasteiger partial charge in [-0.3, -0.25) is 0 Å². The number of urea groups is 1. The molecule has 0 aromatic heterocycles. The molecule has 1 unspecified atom stereocenters. The van der Waals surface area contributed by atoms with Crippen LogP contribution >= 0.6 is 0 Å². The minimum atomic E-state index is 0.0803. The summed E-state index contributed by atoms with van der Waals surface area (Å²) < 4.78 is 0. The predicted molar refractivity (Wildman–Crippen MR) is 66.6 cm³/mol. The van der Waals surface area contributed by atoms with Crippen molar-refractivity contribution in [3.8, 4) is 0 Å². The molecule has 1 heterocycles. The van der Waals surface area contributed by atoms with E-state index in [4.69, 9.17) is 0 Å². The van der Waals surface area contributed by atoms with Gasteiger partial charge in [-0.15, -0.1) is 0 Å². The van der Waals surface area contributed by atoms with Crippen molar-refractivity contribution in [2.45, 2.75) is 45.6 Å². The first kappa shape index (κ1) is 13.3. The number of nitrogens with zero attached hydrogens (tertiary/aromatic N) is 1. The largest absolute Gasteiger partial charge is 0.338 e. The molecule has 0 bridgehead atoms. The van der Waals surface area contributed by atoms with E-state index in [0.29, 0.717) is 6.04 Å². The molecule has 0 spiro atoms. The van der Waals surface area contributed by atoms with Crippen LogP contribution in [0.15, 0.2) is 0 Å². The number of hydrogen-bond acceptors (Lipinski definition) is 2. The third-order valence-electron chi connectivity index (χ3n) is 3.05. The first-order valence-corrected chi connectivity index (χ1v) is 6.54. The van der Waals surface area contributed by atoms with Crippen LogP contribution in [0.1, 0.15) is 39.5 Å². The zero-order valence-electron chi connectivity index (χ0n) is 10.6. The first-order chi connectivity index (χ1) is 7.77. The molecule has 0 saturated carbocycles. The molecule has 0 aromatic carbocycles. The Hall–Kier alpha value is -0.770. The highest BCUT2D eigenvalue weighted by molar-refractivity contribution is 5.74. The van der Waals surface area contributed by atoms with Crippen molar-refractivity contribution < 1.29 is 4.79 Å². The third kappa shape index (κ3) is 4.39. The molecular weight excluding hydrogens is 202 g/mol. The van der Waals surface area contributed by atoms with Crippen LogP contribution < -0.4 is 10.6 Å². The third-order valence-corrected chi connectivity index (χ3v) is 3.05. The number of amides is 2. The van der Waals surface area contributed by atoms with Gasteiger partial charge in [0.05, 0.1) is 0 Å². The van der Waals surface area contributed by atoms with Crippen LogP contribution in [0.2, 0.25) is 0 Å². The van der Waals surface area contributed by atoms with Crippen LogP contribution in [0.4, 0.5) is 4.79 Å². The van der Waals surface area contributed by atoms with Crippen molar-refractivity contribution in [1.82, 2.24) is 15.5 Å². The van der Waals surface area contributed by atoms with Crippen LogP contribution in [-0.2, 0) is 0 Å². The molecule has 1 fully saturated rings. The molecule has 1 saturated heterocycles. The number of piperidine rings is 1. The number of carbonyl (C=O) groups is 1. The number of likely N-dealkylation sites (N-methyl/N-ethyl adjacent to an activating group) is 1. The Bertz CT molecular complexity index is 202. The molecule has 16 heavy (non-hydrogen) atoms. The summed E-state index contributed by atoms with van der Waals surface area (Å²) >= 11 is 0. The molecule has 0 radical (unpaired) electrons. The summed E-state index contributed by atoms with van der Waals surface area (Å²) in [6.45, 7) is 7.60. The standard InChI is InChI=1S/C12H25N3O/c1-3-8-14-12(16)15(4-2)10-11-7-5-6-9-13-11/h11,13H,3-10H2,1-2H3,(H,14,16). The van der Waals surface area contributed by atoms with Crippen molar-refractivity contribution in [3.05, 3.63) is 0 Å². The topological polar surface area (TPSA) is 44.4 Å². The number of hydrogen-bond donors (Lipinski definition) is 2. The molecule has 1 aliphatic rings. The Balaban J connectivity index is 2.31. The van der Waals surface area contributed by atoms with Gasteiger partial charge in [-0.25, -0.2) is 4.79 Å². The van der Waals surface area contributed by atoms with E-state index in [-0.39, 0.29) is 6.03 Å². The summed E-state index contributed by atoms with van der Waals surface area (Å²) in [6.07, 6.45) is 4.74. The molecule has 0 aliphatic carbocycles. The maximum Gasteiger partial charge on any atom is 0.317 e. The second-order valence-corrected chi connectivity index (χ2v) is 4.42. The Morgan fingerprint density at radius 2 is 2.25 bits per heavy atom.